The quantitative estimate of drug-likeness (QED) is 0.238. The Kier molecular flexibility index (Phi) is 9.49. The van der Waals surface area contributed by atoms with Gasteiger partial charge in [0.1, 0.15) is 11.6 Å². The number of benzene rings is 3. The Morgan fingerprint density at radius 3 is 1.97 bits per heavy atom. The standard InChI is InChI=1S/C25H21Cl2F3O4S/c1-13(31)24(30)21(32)12-22(33)34-35-25-19(10-16(26)11-20(25)27)23(14-2-6-17(28)7-3-14)15-4-8-18(29)9-5-15/h2-11,13,21,23-24,31-32H,12H2,1H3/t13-,21-,24+/m0/s1. The van der Waals surface area contributed by atoms with Crippen LogP contribution in [0.25, 0.3) is 0 Å². The highest BCUT2D eigenvalue weighted by Crippen LogP contribution is 2.43. The van der Waals surface area contributed by atoms with Gasteiger partial charge in [-0.05, 0) is 60.0 Å². The van der Waals surface area contributed by atoms with Crippen molar-refractivity contribution in [3.8, 4) is 0 Å². The number of hydrogen-bond donors (Lipinski definition) is 2. The molecule has 186 valence electrons. The lowest BCUT2D eigenvalue weighted by Gasteiger charge is -2.22. The molecule has 0 aliphatic rings. The van der Waals surface area contributed by atoms with Crippen molar-refractivity contribution in [2.45, 2.75) is 42.5 Å². The molecule has 0 aliphatic heterocycles. The van der Waals surface area contributed by atoms with E-state index in [1.165, 1.54) is 30.3 Å². The van der Waals surface area contributed by atoms with Crippen LogP contribution in [0.5, 0.6) is 0 Å². The molecule has 3 aromatic carbocycles. The predicted octanol–water partition coefficient (Wildman–Crippen LogP) is 6.47. The minimum Gasteiger partial charge on any atom is -0.390 e. The zero-order chi connectivity index (χ0) is 25.7. The van der Waals surface area contributed by atoms with E-state index in [9.17, 15) is 28.2 Å². The first-order chi connectivity index (χ1) is 16.6. The summed E-state index contributed by atoms with van der Waals surface area (Å²) in [6, 6.07) is 14.4. The molecule has 0 amide bonds. The van der Waals surface area contributed by atoms with Crippen molar-refractivity contribution in [3.63, 3.8) is 0 Å². The highest BCUT2D eigenvalue weighted by Gasteiger charge is 2.28. The number of carbonyl (C=O) groups excluding carboxylic acids is 1. The number of alkyl halides is 1. The van der Waals surface area contributed by atoms with E-state index in [2.05, 4.69) is 0 Å². The summed E-state index contributed by atoms with van der Waals surface area (Å²) in [6.45, 7) is 1.15. The Labute approximate surface area is 214 Å². The molecule has 3 aromatic rings. The molecule has 0 saturated heterocycles. The first-order valence-corrected chi connectivity index (χ1v) is 11.9. The summed E-state index contributed by atoms with van der Waals surface area (Å²) in [5.41, 5.74) is 1.76. The second-order valence-electron chi connectivity index (χ2n) is 7.84. The van der Waals surface area contributed by atoms with E-state index in [0.717, 1.165) is 6.92 Å². The third kappa shape index (κ3) is 7.15. The van der Waals surface area contributed by atoms with Crippen LogP contribution < -0.4 is 0 Å². The van der Waals surface area contributed by atoms with Crippen LogP contribution in [0.2, 0.25) is 10.0 Å². The molecular formula is C25H21Cl2F3O4S. The molecule has 0 bridgehead atoms. The lowest BCUT2D eigenvalue weighted by atomic mass is 9.85. The topological polar surface area (TPSA) is 66.8 Å². The molecule has 0 unspecified atom stereocenters. The second-order valence-corrected chi connectivity index (χ2v) is 9.42. The van der Waals surface area contributed by atoms with Gasteiger partial charge in [-0.25, -0.2) is 13.2 Å². The maximum Gasteiger partial charge on any atom is 0.320 e. The molecule has 0 aliphatic carbocycles. The Balaban J connectivity index is 1.98. The summed E-state index contributed by atoms with van der Waals surface area (Å²) in [7, 11) is 0. The molecular weight excluding hydrogens is 524 g/mol. The Bertz CT molecular complexity index is 1120. The smallest absolute Gasteiger partial charge is 0.320 e. The third-order valence-corrected chi connectivity index (χ3v) is 6.70. The molecule has 2 N–H and O–H groups in total. The van der Waals surface area contributed by atoms with Crippen molar-refractivity contribution in [2.24, 2.45) is 0 Å². The van der Waals surface area contributed by atoms with Gasteiger partial charge in [-0.1, -0.05) is 47.5 Å². The van der Waals surface area contributed by atoms with Crippen LogP contribution in [0.15, 0.2) is 65.6 Å². The maximum atomic E-state index is 13.7. The van der Waals surface area contributed by atoms with Gasteiger partial charge in [-0.3, -0.25) is 4.79 Å². The highest BCUT2D eigenvalue weighted by atomic mass is 35.5. The van der Waals surface area contributed by atoms with Crippen LogP contribution in [-0.2, 0) is 8.98 Å². The van der Waals surface area contributed by atoms with E-state index in [1.54, 1.807) is 30.3 Å². The normalized spacial score (nSPS) is 14.0. The van der Waals surface area contributed by atoms with E-state index in [1.807, 2.05) is 0 Å². The van der Waals surface area contributed by atoms with Gasteiger partial charge in [0, 0.05) is 10.9 Å². The molecule has 0 saturated carbocycles. The van der Waals surface area contributed by atoms with Crippen LogP contribution in [0, 0.1) is 11.6 Å². The van der Waals surface area contributed by atoms with E-state index >= 15 is 0 Å². The Hall–Kier alpha value is -2.23. The van der Waals surface area contributed by atoms with Crippen molar-refractivity contribution in [2.75, 3.05) is 0 Å². The van der Waals surface area contributed by atoms with Crippen LogP contribution >= 0.6 is 35.2 Å². The van der Waals surface area contributed by atoms with Crippen LogP contribution in [-0.4, -0.2) is 34.6 Å². The van der Waals surface area contributed by atoms with E-state index < -0.39 is 48.3 Å². The maximum absolute atomic E-state index is 13.7. The van der Waals surface area contributed by atoms with Crippen LogP contribution in [0.1, 0.15) is 36.0 Å². The number of halogens is 5. The van der Waals surface area contributed by atoms with Crippen molar-refractivity contribution < 1.29 is 32.4 Å². The summed E-state index contributed by atoms with van der Waals surface area (Å²) < 4.78 is 46.2. The van der Waals surface area contributed by atoms with Gasteiger partial charge in [-0.15, -0.1) is 0 Å². The molecule has 35 heavy (non-hydrogen) atoms. The van der Waals surface area contributed by atoms with E-state index in [0.29, 0.717) is 33.6 Å². The summed E-state index contributed by atoms with van der Waals surface area (Å²) in [5, 5.41) is 19.5. The number of aliphatic hydroxyl groups excluding tert-OH is 2. The van der Waals surface area contributed by atoms with Gasteiger partial charge in [0.2, 0.25) is 0 Å². The average molecular weight is 545 g/mol. The Morgan fingerprint density at radius 1 is 0.971 bits per heavy atom. The zero-order valence-electron chi connectivity index (χ0n) is 18.3. The molecule has 0 aromatic heterocycles. The van der Waals surface area contributed by atoms with Crippen LogP contribution in [0.3, 0.4) is 0 Å². The molecule has 4 nitrogen and oxygen atoms in total. The number of aliphatic hydroxyl groups is 2. The number of hydrogen-bond acceptors (Lipinski definition) is 5. The fraction of sp³-hybridized carbons (Fsp3) is 0.240. The van der Waals surface area contributed by atoms with Gasteiger partial charge < -0.3 is 14.4 Å². The van der Waals surface area contributed by atoms with Gasteiger partial charge in [0.15, 0.2) is 6.17 Å². The summed E-state index contributed by atoms with van der Waals surface area (Å²) in [6.07, 6.45) is -5.94. The fourth-order valence-electron chi connectivity index (χ4n) is 3.47. The first-order valence-electron chi connectivity index (χ1n) is 10.4. The van der Waals surface area contributed by atoms with E-state index in [-0.39, 0.29) is 10.0 Å². The molecule has 3 atom stereocenters. The monoisotopic (exact) mass is 544 g/mol. The largest absolute Gasteiger partial charge is 0.390 e. The second kappa shape index (κ2) is 12.1. The molecule has 0 spiro atoms. The SMILES string of the molecule is C[C@H](O)[C@@H](F)[C@@H](O)CC(=O)OSc1c(Cl)cc(Cl)cc1C(c1ccc(F)cc1)c1ccc(F)cc1. The summed E-state index contributed by atoms with van der Waals surface area (Å²) >= 11 is 13.3. The van der Waals surface area contributed by atoms with E-state index in [4.69, 9.17) is 27.4 Å². The average Bonchev–Trinajstić information content (AvgIpc) is 2.80. The highest BCUT2D eigenvalue weighted by molar-refractivity contribution is 7.95. The zero-order valence-corrected chi connectivity index (χ0v) is 20.6. The predicted molar refractivity (Wildman–Crippen MR) is 129 cm³/mol. The number of rotatable bonds is 9. The molecule has 0 heterocycles. The fourth-order valence-corrected chi connectivity index (χ4v) is 4.73. The van der Waals surface area contributed by atoms with Crippen LogP contribution in [0.4, 0.5) is 13.2 Å². The van der Waals surface area contributed by atoms with Gasteiger partial charge in [0.25, 0.3) is 0 Å². The van der Waals surface area contributed by atoms with Gasteiger partial charge in [0.05, 0.1) is 40.6 Å². The van der Waals surface area contributed by atoms with Crippen molar-refractivity contribution in [1.29, 1.82) is 0 Å². The van der Waals surface area contributed by atoms with Gasteiger partial charge in [-0.2, -0.15) is 0 Å². The first kappa shape index (κ1) is 27.4. The molecule has 3 rings (SSSR count). The molecule has 0 fully saturated rings. The van der Waals surface area contributed by atoms with Crippen molar-refractivity contribution in [1.82, 2.24) is 0 Å². The van der Waals surface area contributed by atoms with Crippen molar-refractivity contribution in [3.05, 3.63) is 99.0 Å². The minimum atomic E-state index is -2.02. The molecule has 0 radical (unpaired) electrons. The minimum absolute atomic E-state index is 0.146. The van der Waals surface area contributed by atoms with Gasteiger partial charge >= 0.3 is 5.97 Å². The molecule has 10 heteroatoms. The lowest BCUT2D eigenvalue weighted by molar-refractivity contribution is -0.137. The third-order valence-electron chi connectivity index (χ3n) is 5.18. The van der Waals surface area contributed by atoms with Crippen molar-refractivity contribution >= 4 is 41.2 Å². The summed E-state index contributed by atoms with van der Waals surface area (Å²) in [5.74, 6) is -2.42. The number of carbonyl (C=O) groups is 1. The summed E-state index contributed by atoms with van der Waals surface area (Å²) in [4.78, 5) is 12.5. The lowest BCUT2D eigenvalue weighted by Crippen LogP contribution is -2.33. The Morgan fingerprint density at radius 2 is 1.49 bits per heavy atom.